The molecule has 0 saturated heterocycles. The van der Waals surface area contributed by atoms with Gasteiger partial charge in [-0.15, -0.1) is 13.2 Å². The normalized spacial score (nSPS) is 12.3. The molecule has 0 aliphatic rings. The number of hydrogen-bond acceptors (Lipinski definition) is 3. The van der Waals surface area contributed by atoms with E-state index in [1.807, 2.05) is 77.7 Å². The predicted octanol–water partition coefficient (Wildman–Crippen LogP) is 5.87. The van der Waals surface area contributed by atoms with Crippen LogP contribution in [0.5, 0.6) is 11.5 Å². The van der Waals surface area contributed by atoms with Gasteiger partial charge in [0.2, 0.25) is 5.91 Å². The van der Waals surface area contributed by atoms with E-state index in [2.05, 4.69) is 25.3 Å². The van der Waals surface area contributed by atoms with Gasteiger partial charge in [0.25, 0.3) is 0 Å². The van der Waals surface area contributed by atoms with Gasteiger partial charge in [0, 0.05) is 18.2 Å². The number of benzene rings is 3. The van der Waals surface area contributed by atoms with Crippen molar-refractivity contribution in [3.05, 3.63) is 121 Å². The standard InChI is InChI=1S/C30H33NO3/c1-5-25(19-23-13-9-7-10-14-23)30(32)31(27(6-2)20-24-15-11-8-12-16-24)22-26-17-18-28(33-3)21-29(26)34-4/h5-18,21,25,27H,1-2,19-20,22H2,3-4H3/t25-,27-/m0/s1. The highest BCUT2D eigenvalue weighted by molar-refractivity contribution is 5.81. The summed E-state index contributed by atoms with van der Waals surface area (Å²) in [6, 6.07) is 25.7. The van der Waals surface area contributed by atoms with Crippen molar-refractivity contribution in [1.29, 1.82) is 0 Å². The lowest BCUT2D eigenvalue weighted by molar-refractivity contribution is -0.136. The molecule has 0 aliphatic carbocycles. The third-order valence-corrected chi connectivity index (χ3v) is 5.98. The molecule has 0 aromatic heterocycles. The first-order chi connectivity index (χ1) is 16.6. The average molecular weight is 456 g/mol. The zero-order chi connectivity index (χ0) is 24.3. The topological polar surface area (TPSA) is 38.8 Å². The lowest BCUT2D eigenvalue weighted by Crippen LogP contribution is -2.43. The Balaban J connectivity index is 1.95. The smallest absolute Gasteiger partial charge is 0.230 e. The molecule has 0 bridgehead atoms. The zero-order valence-corrected chi connectivity index (χ0v) is 20.0. The molecule has 1 amide bonds. The Bertz CT molecular complexity index is 1080. The molecule has 0 N–H and O–H groups in total. The maximum absolute atomic E-state index is 13.9. The minimum Gasteiger partial charge on any atom is -0.497 e. The van der Waals surface area contributed by atoms with Crippen molar-refractivity contribution in [1.82, 2.24) is 4.90 Å². The molecule has 4 nitrogen and oxygen atoms in total. The molecule has 0 aliphatic heterocycles. The van der Waals surface area contributed by atoms with Crippen molar-refractivity contribution in [2.75, 3.05) is 14.2 Å². The summed E-state index contributed by atoms with van der Waals surface area (Å²) in [5, 5.41) is 0. The van der Waals surface area contributed by atoms with Crippen LogP contribution in [0.15, 0.2) is 104 Å². The maximum Gasteiger partial charge on any atom is 0.230 e. The van der Waals surface area contributed by atoms with Crippen LogP contribution >= 0.6 is 0 Å². The molecule has 34 heavy (non-hydrogen) atoms. The van der Waals surface area contributed by atoms with Crippen molar-refractivity contribution in [3.63, 3.8) is 0 Å². The number of amides is 1. The summed E-state index contributed by atoms with van der Waals surface area (Å²) in [5.74, 6) is 1.04. The van der Waals surface area contributed by atoms with Crippen LogP contribution in [0, 0.1) is 5.92 Å². The molecule has 0 saturated carbocycles. The molecule has 3 aromatic carbocycles. The first-order valence-corrected chi connectivity index (χ1v) is 11.4. The Hall–Kier alpha value is -3.79. The van der Waals surface area contributed by atoms with Crippen molar-refractivity contribution < 1.29 is 14.3 Å². The summed E-state index contributed by atoms with van der Waals surface area (Å²) >= 11 is 0. The number of rotatable bonds is 12. The van der Waals surface area contributed by atoms with Gasteiger partial charge in [-0.2, -0.15) is 0 Å². The average Bonchev–Trinajstić information content (AvgIpc) is 2.90. The summed E-state index contributed by atoms with van der Waals surface area (Å²) in [6.45, 7) is 8.43. The molecule has 0 fully saturated rings. The quantitative estimate of drug-likeness (QED) is 0.320. The number of nitrogens with zero attached hydrogens (tertiary/aromatic N) is 1. The monoisotopic (exact) mass is 455 g/mol. The molecule has 2 atom stereocenters. The fraction of sp³-hybridized carbons (Fsp3) is 0.233. The molecular formula is C30H33NO3. The zero-order valence-electron chi connectivity index (χ0n) is 20.0. The van der Waals surface area contributed by atoms with E-state index in [0.717, 1.165) is 16.7 Å². The second-order valence-corrected chi connectivity index (χ2v) is 8.17. The van der Waals surface area contributed by atoms with Crippen LogP contribution in [-0.4, -0.2) is 31.1 Å². The molecule has 0 spiro atoms. The van der Waals surface area contributed by atoms with Crippen LogP contribution in [0.2, 0.25) is 0 Å². The third-order valence-electron chi connectivity index (χ3n) is 5.98. The summed E-state index contributed by atoms with van der Waals surface area (Å²) in [7, 11) is 3.25. The minimum absolute atomic E-state index is 0.0116. The summed E-state index contributed by atoms with van der Waals surface area (Å²) < 4.78 is 11.0. The van der Waals surface area contributed by atoms with E-state index in [1.54, 1.807) is 20.3 Å². The third kappa shape index (κ3) is 6.38. The van der Waals surface area contributed by atoms with E-state index in [9.17, 15) is 4.79 Å². The number of ether oxygens (including phenoxy) is 2. The second kappa shape index (κ2) is 12.4. The molecular weight excluding hydrogens is 422 g/mol. The Labute approximate surface area is 203 Å². The Morgan fingerprint density at radius 2 is 1.47 bits per heavy atom. The van der Waals surface area contributed by atoms with Crippen LogP contribution in [0.25, 0.3) is 0 Å². The maximum atomic E-state index is 13.9. The largest absolute Gasteiger partial charge is 0.497 e. The molecule has 3 rings (SSSR count). The van der Waals surface area contributed by atoms with Gasteiger partial charge in [-0.1, -0.05) is 72.8 Å². The van der Waals surface area contributed by atoms with Crippen LogP contribution < -0.4 is 9.47 Å². The van der Waals surface area contributed by atoms with Gasteiger partial charge >= 0.3 is 0 Å². The molecule has 0 radical (unpaired) electrons. The first-order valence-electron chi connectivity index (χ1n) is 11.4. The van der Waals surface area contributed by atoms with Gasteiger partial charge in [-0.25, -0.2) is 0 Å². The Morgan fingerprint density at radius 3 is 2.00 bits per heavy atom. The van der Waals surface area contributed by atoms with E-state index < -0.39 is 0 Å². The Kier molecular flexibility index (Phi) is 9.10. The van der Waals surface area contributed by atoms with Gasteiger partial charge in [0.05, 0.1) is 26.2 Å². The number of hydrogen-bond donors (Lipinski definition) is 0. The van der Waals surface area contributed by atoms with Crippen LogP contribution in [0.3, 0.4) is 0 Å². The van der Waals surface area contributed by atoms with Crippen LogP contribution in [-0.2, 0) is 24.2 Å². The van der Waals surface area contributed by atoms with Crippen molar-refractivity contribution >= 4 is 5.91 Å². The molecule has 0 unspecified atom stereocenters. The summed E-state index contributed by atoms with van der Waals surface area (Å²) in [6.07, 6.45) is 4.86. The first kappa shape index (κ1) is 24.8. The van der Waals surface area contributed by atoms with E-state index in [4.69, 9.17) is 9.47 Å². The molecule has 176 valence electrons. The van der Waals surface area contributed by atoms with Gasteiger partial charge in [-0.3, -0.25) is 4.79 Å². The van der Waals surface area contributed by atoms with E-state index in [-0.39, 0.29) is 17.9 Å². The summed E-state index contributed by atoms with van der Waals surface area (Å²) in [4.78, 5) is 15.8. The molecule has 4 heteroatoms. The van der Waals surface area contributed by atoms with Crippen molar-refractivity contribution in [2.45, 2.75) is 25.4 Å². The van der Waals surface area contributed by atoms with Gasteiger partial charge < -0.3 is 14.4 Å². The highest BCUT2D eigenvalue weighted by Crippen LogP contribution is 2.28. The van der Waals surface area contributed by atoms with Crippen molar-refractivity contribution in [3.8, 4) is 11.5 Å². The van der Waals surface area contributed by atoms with E-state index >= 15 is 0 Å². The number of carbonyl (C=O) groups is 1. The SMILES string of the molecule is C=C[C@@H](Cc1ccccc1)C(=O)N(Cc1ccc(OC)cc1OC)[C@@H](C=C)Cc1ccccc1. The molecule has 0 heterocycles. The van der Waals surface area contributed by atoms with E-state index in [1.165, 1.54) is 0 Å². The second-order valence-electron chi connectivity index (χ2n) is 8.17. The van der Waals surface area contributed by atoms with Crippen LogP contribution in [0.4, 0.5) is 0 Å². The van der Waals surface area contributed by atoms with Gasteiger partial charge in [0.1, 0.15) is 11.5 Å². The highest BCUT2D eigenvalue weighted by Gasteiger charge is 2.28. The number of methoxy groups -OCH3 is 2. The van der Waals surface area contributed by atoms with Crippen LogP contribution in [0.1, 0.15) is 16.7 Å². The van der Waals surface area contributed by atoms with Gasteiger partial charge in [0.15, 0.2) is 0 Å². The fourth-order valence-corrected chi connectivity index (χ4v) is 4.05. The highest BCUT2D eigenvalue weighted by atomic mass is 16.5. The minimum atomic E-state index is -0.357. The van der Waals surface area contributed by atoms with Gasteiger partial charge in [-0.05, 0) is 36.1 Å². The Morgan fingerprint density at radius 1 is 0.853 bits per heavy atom. The summed E-state index contributed by atoms with van der Waals surface area (Å²) in [5.41, 5.74) is 3.14. The molecule has 3 aromatic rings. The number of carbonyl (C=O) groups excluding carboxylic acids is 1. The van der Waals surface area contributed by atoms with Crippen molar-refractivity contribution in [2.24, 2.45) is 5.92 Å². The lowest BCUT2D eigenvalue weighted by atomic mass is 9.95. The van der Waals surface area contributed by atoms with E-state index in [0.29, 0.717) is 30.9 Å². The lowest BCUT2D eigenvalue weighted by Gasteiger charge is -2.33. The fourth-order valence-electron chi connectivity index (χ4n) is 4.05. The predicted molar refractivity (Wildman–Crippen MR) is 138 cm³/mol.